The van der Waals surface area contributed by atoms with Gasteiger partial charge in [-0.25, -0.2) is 15.0 Å². The van der Waals surface area contributed by atoms with E-state index in [1.165, 1.54) is 0 Å². The van der Waals surface area contributed by atoms with Crippen LogP contribution in [0.15, 0.2) is 55.0 Å². The zero-order valence-corrected chi connectivity index (χ0v) is 16.3. The number of anilines is 2. The summed E-state index contributed by atoms with van der Waals surface area (Å²) in [5, 5.41) is 3.25. The first-order valence-corrected chi connectivity index (χ1v) is 9.63. The molecule has 4 heterocycles. The fourth-order valence-corrected chi connectivity index (χ4v) is 3.30. The number of aryl methyl sites for hydroxylation is 1. The van der Waals surface area contributed by atoms with Crippen LogP contribution in [-0.4, -0.2) is 56.9 Å². The molecule has 0 saturated carbocycles. The highest BCUT2D eigenvalue weighted by Crippen LogP contribution is 2.15. The summed E-state index contributed by atoms with van der Waals surface area (Å²) in [5.41, 5.74) is 1.46. The van der Waals surface area contributed by atoms with Crippen LogP contribution in [0.3, 0.4) is 0 Å². The summed E-state index contributed by atoms with van der Waals surface area (Å²) < 4.78 is 0. The monoisotopic (exact) mass is 389 g/mol. The molecule has 3 aromatic heterocycles. The van der Waals surface area contributed by atoms with E-state index in [0.29, 0.717) is 37.0 Å². The van der Waals surface area contributed by atoms with Gasteiger partial charge in [0.05, 0.1) is 0 Å². The van der Waals surface area contributed by atoms with Crippen molar-refractivity contribution >= 4 is 17.5 Å². The molecule has 1 aliphatic rings. The lowest BCUT2D eigenvalue weighted by Crippen LogP contribution is -2.49. The first-order chi connectivity index (χ1) is 14.2. The van der Waals surface area contributed by atoms with Gasteiger partial charge < -0.3 is 15.1 Å². The summed E-state index contributed by atoms with van der Waals surface area (Å²) in [6, 6.07) is 11.5. The van der Waals surface area contributed by atoms with Crippen LogP contribution in [0.1, 0.15) is 21.9 Å². The summed E-state index contributed by atoms with van der Waals surface area (Å²) in [6.07, 6.45) is 5.33. The third-order valence-electron chi connectivity index (χ3n) is 4.79. The molecular formula is C21H23N7O. The number of carbonyl (C=O) groups is 1. The Morgan fingerprint density at radius 3 is 2.66 bits per heavy atom. The molecule has 1 N–H and O–H groups in total. The molecule has 0 bridgehead atoms. The Kier molecular flexibility index (Phi) is 5.60. The number of hydrogen-bond donors (Lipinski definition) is 1. The molecule has 0 atom stereocenters. The largest absolute Gasteiger partial charge is 0.366 e. The van der Waals surface area contributed by atoms with Crippen LogP contribution in [0.5, 0.6) is 0 Å². The highest BCUT2D eigenvalue weighted by Gasteiger charge is 2.24. The molecule has 148 valence electrons. The van der Waals surface area contributed by atoms with Crippen molar-refractivity contribution in [2.45, 2.75) is 13.5 Å². The average Bonchev–Trinajstić information content (AvgIpc) is 2.78. The molecule has 8 nitrogen and oxygen atoms in total. The van der Waals surface area contributed by atoms with E-state index in [0.717, 1.165) is 24.5 Å². The maximum absolute atomic E-state index is 13.0. The quantitative estimate of drug-likeness (QED) is 0.715. The normalized spacial score (nSPS) is 14.0. The van der Waals surface area contributed by atoms with Gasteiger partial charge in [0, 0.05) is 57.4 Å². The van der Waals surface area contributed by atoms with E-state index >= 15 is 0 Å². The van der Waals surface area contributed by atoms with Crippen molar-refractivity contribution < 1.29 is 4.79 Å². The third-order valence-corrected chi connectivity index (χ3v) is 4.79. The van der Waals surface area contributed by atoms with Crippen molar-refractivity contribution in [3.05, 3.63) is 72.1 Å². The van der Waals surface area contributed by atoms with Gasteiger partial charge in [-0.3, -0.25) is 9.78 Å². The number of nitrogens with zero attached hydrogens (tertiary/aromatic N) is 6. The SMILES string of the molecule is Cc1nc(NCc2cccnc2)cc(C(=O)N2CCN(c3ccccn3)CC2)n1. The van der Waals surface area contributed by atoms with E-state index in [-0.39, 0.29) is 5.91 Å². The Morgan fingerprint density at radius 2 is 1.93 bits per heavy atom. The molecular weight excluding hydrogens is 366 g/mol. The predicted octanol–water partition coefficient (Wildman–Crippen LogP) is 2.15. The molecule has 3 aromatic rings. The lowest BCUT2D eigenvalue weighted by atomic mass is 10.2. The molecule has 1 fully saturated rings. The number of aromatic nitrogens is 4. The van der Waals surface area contributed by atoms with Crippen molar-refractivity contribution in [3.8, 4) is 0 Å². The number of hydrogen-bond acceptors (Lipinski definition) is 7. The zero-order valence-electron chi connectivity index (χ0n) is 16.3. The summed E-state index contributed by atoms with van der Waals surface area (Å²) in [5.74, 6) is 2.08. The second-order valence-electron chi connectivity index (χ2n) is 6.87. The second-order valence-corrected chi connectivity index (χ2v) is 6.87. The molecule has 0 radical (unpaired) electrons. The van der Waals surface area contributed by atoms with Crippen LogP contribution < -0.4 is 10.2 Å². The standard InChI is InChI=1S/C21H23N7O/c1-16-25-18(13-19(26-16)24-15-17-5-4-7-22-14-17)21(29)28-11-9-27(10-12-28)20-6-2-3-8-23-20/h2-8,13-14H,9-12,15H2,1H3,(H,24,25,26). The molecule has 8 heteroatoms. The van der Waals surface area contributed by atoms with Gasteiger partial charge in [-0.15, -0.1) is 0 Å². The predicted molar refractivity (Wildman–Crippen MR) is 111 cm³/mol. The van der Waals surface area contributed by atoms with Crippen molar-refractivity contribution in [1.82, 2.24) is 24.8 Å². The van der Waals surface area contributed by atoms with E-state index < -0.39 is 0 Å². The third kappa shape index (κ3) is 4.66. The van der Waals surface area contributed by atoms with Gasteiger partial charge in [0.1, 0.15) is 23.2 Å². The summed E-state index contributed by atoms with van der Waals surface area (Å²) in [7, 11) is 0. The maximum atomic E-state index is 13.0. The van der Waals surface area contributed by atoms with Gasteiger partial charge in [-0.1, -0.05) is 12.1 Å². The summed E-state index contributed by atoms with van der Waals surface area (Å²) >= 11 is 0. The van der Waals surface area contributed by atoms with Crippen molar-refractivity contribution in [2.24, 2.45) is 0 Å². The molecule has 0 aliphatic carbocycles. The molecule has 29 heavy (non-hydrogen) atoms. The number of carbonyl (C=O) groups excluding carboxylic acids is 1. The summed E-state index contributed by atoms with van der Waals surface area (Å²) in [4.78, 5) is 34.3. The summed E-state index contributed by atoms with van der Waals surface area (Å²) in [6.45, 7) is 5.15. The Bertz CT molecular complexity index is 957. The van der Waals surface area contributed by atoms with Gasteiger partial charge in [-0.05, 0) is 30.7 Å². The molecule has 1 saturated heterocycles. The highest BCUT2D eigenvalue weighted by atomic mass is 16.2. The van der Waals surface area contributed by atoms with Crippen LogP contribution >= 0.6 is 0 Å². The van der Waals surface area contributed by atoms with Crippen LogP contribution in [0, 0.1) is 6.92 Å². The van der Waals surface area contributed by atoms with E-state index in [4.69, 9.17) is 0 Å². The number of amides is 1. The second kappa shape index (κ2) is 8.64. The van der Waals surface area contributed by atoms with Gasteiger partial charge in [0.25, 0.3) is 5.91 Å². The molecule has 0 aromatic carbocycles. The molecule has 1 aliphatic heterocycles. The van der Waals surface area contributed by atoms with E-state index in [1.54, 1.807) is 31.6 Å². The molecule has 4 rings (SSSR count). The number of rotatable bonds is 5. The maximum Gasteiger partial charge on any atom is 0.272 e. The van der Waals surface area contributed by atoms with Gasteiger partial charge in [0.2, 0.25) is 0 Å². The Hall–Kier alpha value is -3.55. The first-order valence-electron chi connectivity index (χ1n) is 9.63. The number of piperazine rings is 1. The van der Waals surface area contributed by atoms with Gasteiger partial charge in [-0.2, -0.15) is 0 Å². The topological polar surface area (TPSA) is 87.1 Å². The lowest BCUT2D eigenvalue weighted by molar-refractivity contribution is 0.0740. The fraction of sp³-hybridized carbons (Fsp3) is 0.286. The van der Waals surface area contributed by atoms with Crippen LogP contribution in [0.2, 0.25) is 0 Å². The zero-order chi connectivity index (χ0) is 20.1. The van der Waals surface area contributed by atoms with Crippen molar-refractivity contribution in [1.29, 1.82) is 0 Å². The van der Waals surface area contributed by atoms with Gasteiger partial charge in [0.15, 0.2) is 0 Å². The van der Waals surface area contributed by atoms with Gasteiger partial charge >= 0.3 is 0 Å². The van der Waals surface area contributed by atoms with Crippen LogP contribution in [0.25, 0.3) is 0 Å². The smallest absolute Gasteiger partial charge is 0.272 e. The average molecular weight is 389 g/mol. The Morgan fingerprint density at radius 1 is 1.07 bits per heavy atom. The first kappa shape index (κ1) is 18.8. The van der Waals surface area contributed by atoms with Crippen molar-refractivity contribution in [3.63, 3.8) is 0 Å². The Labute approximate surface area is 169 Å². The number of nitrogens with one attached hydrogen (secondary N) is 1. The van der Waals surface area contributed by atoms with Crippen LogP contribution in [0.4, 0.5) is 11.6 Å². The number of pyridine rings is 2. The minimum absolute atomic E-state index is 0.0689. The molecule has 1 amide bonds. The molecule has 0 unspecified atom stereocenters. The molecule has 0 spiro atoms. The van der Waals surface area contributed by atoms with E-state index in [9.17, 15) is 4.79 Å². The fourth-order valence-electron chi connectivity index (χ4n) is 3.30. The van der Waals surface area contributed by atoms with E-state index in [2.05, 4.69) is 30.2 Å². The minimum atomic E-state index is -0.0689. The minimum Gasteiger partial charge on any atom is -0.366 e. The van der Waals surface area contributed by atoms with Crippen molar-refractivity contribution in [2.75, 3.05) is 36.4 Å². The van der Waals surface area contributed by atoms with Crippen LogP contribution in [-0.2, 0) is 6.54 Å². The lowest BCUT2D eigenvalue weighted by Gasteiger charge is -2.35. The highest BCUT2D eigenvalue weighted by molar-refractivity contribution is 5.93. The Balaban J connectivity index is 1.40. The van der Waals surface area contributed by atoms with E-state index in [1.807, 2.05) is 35.2 Å².